The van der Waals surface area contributed by atoms with E-state index in [0.29, 0.717) is 19.3 Å². The zero-order valence-electron chi connectivity index (χ0n) is 11.5. The lowest BCUT2D eigenvalue weighted by Gasteiger charge is -2.29. The number of nitrogens with one attached hydrogen (secondary N) is 1. The van der Waals surface area contributed by atoms with Crippen molar-refractivity contribution in [2.24, 2.45) is 17.8 Å². The molecule has 4 atom stereocenters. The van der Waals surface area contributed by atoms with Gasteiger partial charge in [0.25, 0.3) is 0 Å². The molecule has 2 saturated carbocycles. The minimum absolute atomic E-state index is 0.165. The third-order valence-corrected chi connectivity index (χ3v) is 8.28. The SMILES string of the molecule is O=S(=O)([NH+]([O-])S(=O)(=O)C(F)(F)CC1CC2CCC1C2)C(F)(F)F. The summed E-state index contributed by atoms with van der Waals surface area (Å²) in [5, 5.41) is 6.29. The minimum atomic E-state index is -6.87. The van der Waals surface area contributed by atoms with E-state index in [0.717, 1.165) is 6.42 Å². The van der Waals surface area contributed by atoms with E-state index in [2.05, 4.69) is 0 Å². The van der Waals surface area contributed by atoms with Crippen molar-refractivity contribution in [2.45, 2.75) is 42.9 Å². The summed E-state index contributed by atoms with van der Waals surface area (Å²) in [6.45, 7) is 0. The molecule has 0 heterocycles. The number of rotatable bonds is 5. The standard InChI is InChI=1S/C10H14F5NO5S2/c11-9(12,5-8-4-6-1-2-7(8)3-6)22(18,19)16(17)23(20,21)10(13,14)15/h6-8,16H,1-5H2. The molecule has 6 nitrogen and oxygen atoms in total. The lowest BCUT2D eigenvalue weighted by atomic mass is 9.86. The highest BCUT2D eigenvalue weighted by molar-refractivity contribution is 7.97. The maximum Gasteiger partial charge on any atom is 0.550 e. The van der Waals surface area contributed by atoms with Crippen molar-refractivity contribution >= 4 is 20.0 Å². The lowest BCUT2D eigenvalue weighted by molar-refractivity contribution is -0.560. The first-order chi connectivity index (χ1) is 10.2. The second-order valence-corrected chi connectivity index (χ2v) is 10.1. The van der Waals surface area contributed by atoms with E-state index in [1.54, 1.807) is 0 Å². The zero-order valence-corrected chi connectivity index (χ0v) is 13.1. The van der Waals surface area contributed by atoms with Crippen LogP contribution in [-0.2, 0) is 20.0 Å². The maximum atomic E-state index is 13.9. The second-order valence-electron chi connectivity index (χ2n) is 5.98. The number of fused-ring (bicyclic) bond motifs is 2. The monoisotopic (exact) mass is 387 g/mol. The zero-order chi connectivity index (χ0) is 17.8. The number of hydrogen-bond acceptors (Lipinski definition) is 5. The van der Waals surface area contributed by atoms with Gasteiger partial charge in [-0.3, -0.25) is 0 Å². The summed E-state index contributed by atoms with van der Waals surface area (Å²) in [6.07, 6.45) is 1.03. The normalized spacial score (nSPS) is 30.6. The smallest absolute Gasteiger partial charge is 0.550 e. The molecule has 1 N–H and O–H groups in total. The first-order valence-corrected chi connectivity index (χ1v) is 9.64. The molecule has 2 bridgehead atoms. The summed E-state index contributed by atoms with van der Waals surface area (Å²) < 4.78 is 106. The molecule has 0 radical (unpaired) electrons. The molecule has 2 fully saturated rings. The molecular formula is C10H14F5NO5S2. The van der Waals surface area contributed by atoms with Crippen molar-refractivity contribution in [3.8, 4) is 0 Å². The molecule has 136 valence electrons. The van der Waals surface area contributed by atoms with Crippen LogP contribution < -0.4 is 3.87 Å². The van der Waals surface area contributed by atoms with E-state index in [1.807, 2.05) is 0 Å². The van der Waals surface area contributed by atoms with Crippen LogP contribution in [0.25, 0.3) is 0 Å². The molecule has 13 heteroatoms. The van der Waals surface area contributed by atoms with Crippen molar-refractivity contribution in [3.05, 3.63) is 5.21 Å². The lowest BCUT2D eigenvalue weighted by Crippen LogP contribution is -3.14. The fraction of sp³-hybridized carbons (Fsp3) is 1.00. The van der Waals surface area contributed by atoms with E-state index in [1.165, 1.54) is 0 Å². The molecule has 2 aliphatic rings. The Morgan fingerprint density at radius 2 is 1.52 bits per heavy atom. The Bertz CT molecular complexity index is 674. The quantitative estimate of drug-likeness (QED) is 0.560. The summed E-state index contributed by atoms with van der Waals surface area (Å²) in [7, 11) is -13.3. The molecule has 0 spiro atoms. The fourth-order valence-corrected chi connectivity index (χ4v) is 6.07. The Balaban J connectivity index is 2.23. The number of halogens is 5. The predicted molar refractivity (Wildman–Crippen MR) is 66.7 cm³/mol. The molecule has 0 aliphatic heterocycles. The molecular weight excluding hydrogens is 373 g/mol. The molecule has 0 saturated heterocycles. The Morgan fingerprint density at radius 3 is 1.91 bits per heavy atom. The van der Waals surface area contributed by atoms with E-state index in [4.69, 9.17) is 0 Å². The number of quaternary nitrogens is 1. The van der Waals surface area contributed by atoms with Gasteiger partial charge < -0.3 is 5.21 Å². The Kier molecular flexibility index (Phi) is 4.49. The van der Waals surface area contributed by atoms with Gasteiger partial charge >= 0.3 is 30.8 Å². The molecule has 4 unspecified atom stereocenters. The van der Waals surface area contributed by atoms with Crippen LogP contribution in [0.5, 0.6) is 0 Å². The van der Waals surface area contributed by atoms with E-state index in [9.17, 15) is 44.0 Å². The van der Waals surface area contributed by atoms with Gasteiger partial charge in [0.1, 0.15) is 0 Å². The third-order valence-electron chi connectivity index (χ3n) is 4.52. The highest BCUT2D eigenvalue weighted by Crippen LogP contribution is 2.51. The number of alkyl halides is 5. The van der Waals surface area contributed by atoms with E-state index < -0.39 is 47.0 Å². The molecule has 0 aromatic carbocycles. The average molecular weight is 387 g/mol. The van der Waals surface area contributed by atoms with Crippen LogP contribution in [-0.4, -0.2) is 27.6 Å². The van der Waals surface area contributed by atoms with Crippen molar-refractivity contribution in [1.29, 1.82) is 0 Å². The summed E-state index contributed by atoms with van der Waals surface area (Å²) in [5.41, 5.74) is -6.25. The molecule has 23 heavy (non-hydrogen) atoms. The Hall–Kier alpha value is -0.530. The molecule has 0 amide bonds. The molecule has 2 aliphatic carbocycles. The molecule has 2 rings (SSSR count). The third kappa shape index (κ3) is 3.07. The highest BCUT2D eigenvalue weighted by Gasteiger charge is 2.62. The van der Waals surface area contributed by atoms with Crippen molar-refractivity contribution < 1.29 is 42.7 Å². The highest BCUT2D eigenvalue weighted by atomic mass is 32.3. The van der Waals surface area contributed by atoms with Gasteiger partial charge in [-0.1, -0.05) is 6.42 Å². The predicted octanol–water partition coefficient (Wildman–Crippen LogP) is 0.968. The minimum Gasteiger partial charge on any atom is -0.602 e. The number of sulfonamides is 2. The average Bonchev–Trinajstić information content (AvgIpc) is 2.97. The summed E-state index contributed by atoms with van der Waals surface area (Å²) in [5.74, 6) is -0.756. The van der Waals surface area contributed by atoms with E-state index in [-0.39, 0.29) is 11.8 Å². The largest absolute Gasteiger partial charge is 0.602 e. The van der Waals surface area contributed by atoms with Gasteiger partial charge in [-0.05, 0) is 37.0 Å². The first-order valence-electron chi connectivity index (χ1n) is 6.68. The second kappa shape index (κ2) is 5.49. The Morgan fingerprint density at radius 1 is 0.957 bits per heavy atom. The first kappa shape index (κ1) is 18.8. The summed E-state index contributed by atoms with van der Waals surface area (Å²) in [4.78, 5) is 0. The van der Waals surface area contributed by atoms with Gasteiger partial charge in [0.05, 0.1) is 0 Å². The summed E-state index contributed by atoms with van der Waals surface area (Å²) in [6, 6.07) is 0. The van der Waals surface area contributed by atoms with Crippen LogP contribution >= 0.6 is 0 Å². The van der Waals surface area contributed by atoms with Crippen LogP contribution in [0, 0.1) is 23.0 Å². The van der Waals surface area contributed by atoms with Crippen molar-refractivity contribution in [2.75, 3.05) is 0 Å². The van der Waals surface area contributed by atoms with Gasteiger partial charge in [0.2, 0.25) is 0 Å². The fourth-order valence-electron chi connectivity index (χ4n) is 3.40. The van der Waals surface area contributed by atoms with Gasteiger partial charge in [-0.25, -0.2) is 0 Å². The molecule has 0 aromatic rings. The van der Waals surface area contributed by atoms with Crippen LogP contribution in [0.2, 0.25) is 0 Å². The van der Waals surface area contributed by atoms with Crippen LogP contribution in [0.1, 0.15) is 32.1 Å². The topological polar surface area (TPSA) is 95.8 Å². The van der Waals surface area contributed by atoms with Gasteiger partial charge in [0.15, 0.2) is 0 Å². The van der Waals surface area contributed by atoms with Crippen LogP contribution in [0.15, 0.2) is 0 Å². The Labute approximate surface area is 129 Å². The molecule has 0 aromatic heterocycles. The van der Waals surface area contributed by atoms with Crippen LogP contribution in [0.4, 0.5) is 22.0 Å². The van der Waals surface area contributed by atoms with Gasteiger partial charge in [0, 0.05) is 6.42 Å². The van der Waals surface area contributed by atoms with Crippen molar-refractivity contribution in [1.82, 2.24) is 0 Å². The van der Waals surface area contributed by atoms with Crippen LogP contribution in [0.3, 0.4) is 0 Å². The van der Waals surface area contributed by atoms with E-state index >= 15 is 0 Å². The van der Waals surface area contributed by atoms with Crippen molar-refractivity contribution in [3.63, 3.8) is 0 Å². The number of hydrogen-bond donors (Lipinski definition) is 1. The summed E-state index contributed by atoms with van der Waals surface area (Å²) >= 11 is 0. The maximum absolute atomic E-state index is 13.9. The van der Waals surface area contributed by atoms with Gasteiger partial charge in [-0.2, -0.15) is 38.8 Å². The van der Waals surface area contributed by atoms with Gasteiger partial charge in [-0.15, -0.1) is 3.87 Å².